The van der Waals surface area contributed by atoms with Gasteiger partial charge in [-0.15, -0.1) is 0 Å². The summed E-state index contributed by atoms with van der Waals surface area (Å²) in [5.41, 5.74) is 1.54. The Hall–Kier alpha value is -2.76. The molecule has 1 aromatic carbocycles. The highest BCUT2D eigenvalue weighted by Crippen LogP contribution is 2.25. The van der Waals surface area contributed by atoms with Gasteiger partial charge in [-0.3, -0.25) is 19.3 Å². The van der Waals surface area contributed by atoms with Crippen LogP contribution in [0.2, 0.25) is 0 Å². The SMILES string of the molecule is COC(=O)CCC(=O)Nc1ccccc1N(C)n1cccc1. The van der Waals surface area contributed by atoms with E-state index >= 15 is 0 Å². The fraction of sp³-hybridized carbons (Fsp3) is 0.250. The van der Waals surface area contributed by atoms with Gasteiger partial charge >= 0.3 is 5.97 Å². The summed E-state index contributed by atoms with van der Waals surface area (Å²) in [4.78, 5) is 23.0. The predicted octanol–water partition coefficient (Wildman–Crippen LogP) is 2.28. The largest absolute Gasteiger partial charge is 0.469 e. The lowest BCUT2D eigenvalue weighted by Crippen LogP contribution is -2.24. The molecular formula is C16H19N3O3. The first-order chi connectivity index (χ1) is 10.6. The van der Waals surface area contributed by atoms with E-state index in [2.05, 4.69) is 10.1 Å². The van der Waals surface area contributed by atoms with E-state index < -0.39 is 5.97 Å². The molecule has 0 aliphatic rings. The molecule has 1 heterocycles. The molecule has 1 aromatic heterocycles. The smallest absolute Gasteiger partial charge is 0.306 e. The van der Waals surface area contributed by atoms with E-state index in [1.165, 1.54) is 7.11 Å². The Labute approximate surface area is 129 Å². The number of methoxy groups -OCH3 is 1. The van der Waals surface area contributed by atoms with E-state index in [4.69, 9.17) is 0 Å². The number of benzene rings is 1. The van der Waals surface area contributed by atoms with E-state index in [1.807, 2.05) is 65.5 Å². The molecule has 22 heavy (non-hydrogen) atoms. The second-order valence-corrected chi connectivity index (χ2v) is 4.73. The van der Waals surface area contributed by atoms with E-state index in [9.17, 15) is 9.59 Å². The van der Waals surface area contributed by atoms with Gasteiger partial charge in [0.25, 0.3) is 0 Å². The van der Waals surface area contributed by atoms with Crippen molar-refractivity contribution in [3.63, 3.8) is 0 Å². The molecule has 0 bridgehead atoms. The van der Waals surface area contributed by atoms with Crippen molar-refractivity contribution in [3.05, 3.63) is 48.8 Å². The number of carbonyl (C=O) groups excluding carboxylic acids is 2. The molecule has 0 radical (unpaired) electrons. The van der Waals surface area contributed by atoms with Crippen LogP contribution in [-0.4, -0.2) is 30.7 Å². The molecule has 0 saturated heterocycles. The van der Waals surface area contributed by atoms with Gasteiger partial charge in [-0.2, -0.15) is 0 Å². The van der Waals surface area contributed by atoms with Crippen LogP contribution >= 0.6 is 0 Å². The molecule has 1 N–H and O–H groups in total. The van der Waals surface area contributed by atoms with Crippen molar-refractivity contribution in [1.29, 1.82) is 0 Å². The van der Waals surface area contributed by atoms with Gasteiger partial charge in [-0.1, -0.05) is 12.1 Å². The number of amides is 1. The van der Waals surface area contributed by atoms with Crippen LogP contribution in [0.5, 0.6) is 0 Å². The van der Waals surface area contributed by atoms with Crippen LogP contribution in [0.4, 0.5) is 11.4 Å². The average Bonchev–Trinajstić information content (AvgIpc) is 3.07. The maximum atomic E-state index is 11.9. The highest BCUT2D eigenvalue weighted by Gasteiger charge is 2.12. The molecule has 6 heteroatoms. The van der Waals surface area contributed by atoms with Crippen LogP contribution in [0.15, 0.2) is 48.8 Å². The molecule has 0 saturated carbocycles. The fourth-order valence-electron chi connectivity index (χ4n) is 2.04. The number of carbonyl (C=O) groups is 2. The number of esters is 1. The standard InChI is InChI=1S/C16H19N3O3/c1-18(19-11-5-6-12-19)14-8-4-3-7-13(14)17-15(20)9-10-16(21)22-2/h3-8,11-12H,9-10H2,1-2H3,(H,17,20). The molecule has 116 valence electrons. The first kappa shape index (κ1) is 15.6. The summed E-state index contributed by atoms with van der Waals surface area (Å²) in [6, 6.07) is 11.3. The summed E-state index contributed by atoms with van der Waals surface area (Å²) in [5, 5.41) is 4.74. The Bertz CT molecular complexity index is 638. The van der Waals surface area contributed by atoms with Crippen LogP contribution in [0, 0.1) is 0 Å². The summed E-state index contributed by atoms with van der Waals surface area (Å²) in [5.74, 6) is -0.619. The minimum atomic E-state index is -0.395. The molecule has 0 fully saturated rings. The van der Waals surface area contributed by atoms with Crippen molar-refractivity contribution in [1.82, 2.24) is 4.68 Å². The fourth-order valence-corrected chi connectivity index (χ4v) is 2.04. The second-order valence-electron chi connectivity index (χ2n) is 4.73. The van der Waals surface area contributed by atoms with Gasteiger partial charge in [0, 0.05) is 25.9 Å². The number of aromatic nitrogens is 1. The third-order valence-corrected chi connectivity index (χ3v) is 3.25. The maximum absolute atomic E-state index is 11.9. The molecule has 1 amide bonds. The minimum absolute atomic E-state index is 0.0674. The molecule has 0 aliphatic carbocycles. The van der Waals surface area contributed by atoms with Gasteiger partial charge in [-0.05, 0) is 24.3 Å². The topological polar surface area (TPSA) is 63.6 Å². The zero-order valence-electron chi connectivity index (χ0n) is 12.7. The van der Waals surface area contributed by atoms with Crippen molar-refractivity contribution in [2.24, 2.45) is 0 Å². The maximum Gasteiger partial charge on any atom is 0.306 e. The van der Waals surface area contributed by atoms with Crippen LogP contribution in [0.1, 0.15) is 12.8 Å². The van der Waals surface area contributed by atoms with Gasteiger partial charge < -0.3 is 10.1 Å². The van der Waals surface area contributed by atoms with Gasteiger partial charge in [-0.25, -0.2) is 0 Å². The van der Waals surface area contributed by atoms with E-state index in [0.717, 1.165) is 5.69 Å². The number of nitrogens with one attached hydrogen (secondary N) is 1. The van der Waals surface area contributed by atoms with Crippen LogP contribution in [-0.2, 0) is 14.3 Å². The zero-order chi connectivity index (χ0) is 15.9. The van der Waals surface area contributed by atoms with E-state index in [-0.39, 0.29) is 18.7 Å². The number of anilines is 2. The van der Waals surface area contributed by atoms with E-state index in [0.29, 0.717) is 5.69 Å². The van der Waals surface area contributed by atoms with Crippen molar-refractivity contribution in [2.45, 2.75) is 12.8 Å². The number of hydrogen-bond donors (Lipinski definition) is 1. The third kappa shape index (κ3) is 3.88. The van der Waals surface area contributed by atoms with Crippen molar-refractivity contribution >= 4 is 23.3 Å². The van der Waals surface area contributed by atoms with Gasteiger partial charge in [0.2, 0.25) is 5.91 Å². The average molecular weight is 301 g/mol. The molecule has 0 aliphatic heterocycles. The summed E-state index contributed by atoms with van der Waals surface area (Å²) in [6.07, 6.45) is 3.98. The number of rotatable bonds is 6. The van der Waals surface area contributed by atoms with E-state index in [1.54, 1.807) is 0 Å². The molecule has 2 rings (SSSR count). The van der Waals surface area contributed by atoms with Crippen LogP contribution in [0.25, 0.3) is 0 Å². The molecular weight excluding hydrogens is 282 g/mol. The Morgan fingerprint density at radius 3 is 2.50 bits per heavy atom. The molecule has 0 atom stereocenters. The summed E-state index contributed by atoms with van der Waals surface area (Å²) in [7, 11) is 3.21. The second kappa shape index (κ2) is 7.31. The first-order valence-corrected chi connectivity index (χ1v) is 6.94. The van der Waals surface area contributed by atoms with Gasteiger partial charge in [0.05, 0.1) is 24.9 Å². The highest BCUT2D eigenvalue weighted by molar-refractivity contribution is 5.95. The Balaban J connectivity index is 2.08. The Morgan fingerprint density at radius 1 is 1.14 bits per heavy atom. The molecule has 0 spiro atoms. The Kier molecular flexibility index (Phi) is 5.19. The summed E-state index contributed by atoms with van der Waals surface area (Å²) < 4.78 is 6.43. The molecule has 2 aromatic rings. The highest BCUT2D eigenvalue weighted by atomic mass is 16.5. The quantitative estimate of drug-likeness (QED) is 0.831. The number of nitrogens with zero attached hydrogens (tertiary/aromatic N) is 2. The lowest BCUT2D eigenvalue weighted by molar-refractivity contribution is -0.141. The van der Waals surface area contributed by atoms with Crippen LogP contribution in [0.3, 0.4) is 0 Å². The summed E-state index contributed by atoms with van der Waals surface area (Å²) in [6.45, 7) is 0. The van der Waals surface area contributed by atoms with Gasteiger partial charge in [0.1, 0.15) is 0 Å². The van der Waals surface area contributed by atoms with Gasteiger partial charge in [0.15, 0.2) is 0 Å². The molecule has 0 unspecified atom stereocenters. The number of ether oxygens (including phenoxy) is 1. The monoisotopic (exact) mass is 301 g/mol. The normalized spacial score (nSPS) is 10.1. The number of hydrogen-bond acceptors (Lipinski definition) is 4. The lowest BCUT2D eigenvalue weighted by Gasteiger charge is -2.23. The van der Waals surface area contributed by atoms with Crippen molar-refractivity contribution < 1.29 is 14.3 Å². The molecule has 6 nitrogen and oxygen atoms in total. The predicted molar refractivity (Wildman–Crippen MR) is 84.6 cm³/mol. The lowest BCUT2D eigenvalue weighted by atomic mass is 10.2. The minimum Gasteiger partial charge on any atom is -0.469 e. The third-order valence-electron chi connectivity index (χ3n) is 3.25. The zero-order valence-corrected chi connectivity index (χ0v) is 12.7. The Morgan fingerprint density at radius 2 is 1.82 bits per heavy atom. The van der Waals surface area contributed by atoms with Crippen molar-refractivity contribution in [2.75, 3.05) is 24.5 Å². The summed E-state index contributed by atoms with van der Waals surface area (Å²) >= 11 is 0. The first-order valence-electron chi connectivity index (χ1n) is 6.94. The van der Waals surface area contributed by atoms with Crippen LogP contribution < -0.4 is 10.3 Å². The van der Waals surface area contributed by atoms with Crippen molar-refractivity contribution in [3.8, 4) is 0 Å². The number of para-hydroxylation sites is 2.